The number of hydrogen-bond donors (Lipinski definition) is 1. The molecule has 1 aromatic rings. The molecule has 96 valence electrons. The number of anilines is 1. The largest absolute Gasteiger partial charge is 0.443 e. The maximum absolute atomic E-state index is 11.5. The van der Waals surface area contributed by atoms with Crippen LogP contribution in [0.2, 0.25) is 0 Å². The lowest BCUT2D eigenvalue weighted by molar-refractivity contribution is -0.384. The Morgan fingerprint density at radius 2 is 2.17 bits per heavy atom. The zero-order valence-corrected chi connectivity index (χ0v) is 9.50. The van der Waals surface area contributed by atoms with E-state index in [-0.39, 0.29) is 11.8 Å². The molecule has 1 aromatic carbocycles. The first-order chi connectivity index (χ1) is 8.65. The molecular weight excluding hydrogens is 240 g/mol. The normalized spacial score (nSPS) is 18.3. The van der Waals surface area contributed by atoms with Gasteiger partial charge in [-0.2, -0.15) is 0 Å². The molecule has 1 fully saturated rings. The van der Waals surface area contributed by atoms with Crippen LogP contribution < -0.4 is 5.32 Å². The summed E-state index contributed by atoms with van der Waals surface area (Å²) in [6.07, 6.45) is -0.115. The third-order valence-electron chi connectivity index (χ3n) is 2.49. The third-order valence-corrected chi connectivity index (χ3v) is 2.49. The van der Waals surface area contributed by atoms with Gasteiger partial charge in [0.1, 0.15) is 6.10 Å². The van der Waals surface area contributed by atoms with Crippen LogP contribution in [0.15, 0.2) is 24.3 Å². The molecule has 0 bridgehead atoms. The van der Waals surface area contributed by atoms with E-state index >= 15 is 0 Å². The van der Waals surface area contributed by atoms with Gasteiger partial charge in [0.15, 0.2) is 0 Å². The summed E-state index contributed by atoms with van der Waals surface area (Å²) in [6.45, 7) is 1.00. The van der Waals surface area contributed by atoms with E-state index in [1.54, 1.807) is 0 Å². The Morgan fingerprint density at radius 1 is 1.44 bits per heavy atom. The number of non-ortho nitro benzene ring substituents is 1. The van der Waals surface area contributed by atoms with Crippen molar-refractivity contribution in [1.82, 2.24) is 0 Å². The van der Waals surface area contributed by atoms with Crippen LogP contribution in [-0.2, 0) is 9.47 Å². The summed E-state index contributed by atoms with van der Waals surface area (Å²) in [4.78, 5) is 21.4. The maximum atomic E-state index is 11.5. The Balaban J connectivity index is 1.88. The Labute approximate surface area is 103 Å². The van der Waals surface area contributed by atoms with E-state index in [4.69, 9.17) is 9.47 Å². The second-order valence-electron chi connectivity index (χ2n) is 3.82. The van der Waals surface area contributed by atoms with Crippen molar-refractivity contribution >= 4 is 17.5 Å². The average molecular weight is 252 g/mol. The first-order valence-corrected chi connectivity index (χ1v) is 5.45. The lowest BCUT2D eigenvalue weighted by Crippen LogP contribution is -2.22. The molecule has 0 aliphatic carbocycles. The monoisotopic (exact) mass is 252 g/mol. The van der Waals surface area contributed by atoms with Gasteiger partial charge in [0.05, 0.1) is 18.1 Å². The number of nitrogens with one attached hydrogen (secondary N) is 1. The van der Waals surface area contributed by atoms with E-state index in [0.29, 0.717) is 25.3 Å². The molecule has 1 N–H and O–H groups in total. The fraction of sp³-hybridized carbons (Fsp3) is 0.364. The molecule has 1 aliphatic heterocycles. The van der Waals surface area contributed by atoms with Crippen LogP contribution in [0.25, 0.3) is 0 Å². The van der Waals surface area contributed by atoms with Gasteiger partial charge in [0.25, 0.3) is 5.69 Å². The lowest BCUT2D eigenvalue weighted by Gasteiger charge is -2.10. The Morgan fingerprint density at radius 3 is 2.72 bits per heavy atom. The number of nitro benzene ring substituents is 1. The maximum Gasteiger partial charge on any atom is 0.411 e. The molecule has 1 heterocycles. The van der Waals surface area contributed by atoms with Gasteiger partial charge < -0.3 is 9.47 Å². The lowest BCUT2D eigenvalue weighted by atomic mass is 10.3. The number of amides is 1. The first kappa shape index (κ1) is 12.3. The predicted octanol–water partition coefficient (Wildman–Crippen LogP) is 1.93. The van der Waals surface area contributed by atoms with Crippen molar-refractivity contribution in [3.8, 4) is 0 Å². The van der Waals surface area contributed by atoms with E-state index in [0.717, 1.165) is 0 Å². The summed E-state index contributed by atoms with van der Waals surface area (Å²) in [7, 11) is 0. The number of carbonyl (C=O) groups excluding carboxylic acids is 1. The van der Waals surface area contributed by atoms with Gasteiger partial charge >= 0.3 is 6.09 Å². The molecule has 0 aromatic heterocycles. The molecule has 0 saturated carbocycles. The molecule has 0 spiro atoms. The molecule has 1 saturated heterocycles. The Bertz CT molecular complexity index is 439. The highest BCUT2D eigenvalue weighted by molar-refractivity contribution is 5.84. The molecule has 1 atom stereocenters. The van der Waals surface area contributed by atoms with Crippen LogP contribution >= 0.6 is 0 Å². The Kier molecular flexibility index (Phi) is 3.73. The van der Waals surface area contributed by atoms with Gasteiger partial charge in [-0.25, -0.2) is 4.79 Å². The van der Waals surface area contributed by atoms with Crippen molar-refractivity contribution in [3.05, 3.63) is 34.4 Å². The molecule has 1 aliphatic rings. The van der Waals surface area contributed by atoms with Crippen LogP contribution in [0.5, 0.6) is 0 Å². The number of nitro groups is 1. The molecule has 0 radical (unpaired) electrons. The average Bonchev–Trinajstić information content (AvgIpc) is 2.82. The minimum absolute atomic E-state index is 0.0295. The number of rotatable bonds is 3. The van der Waals surface area contributed by atoms with Gasteiger partial charge in [0, 0.05) is 24.2 Å². The van der Waals surface area contributed by atoms with Crippen LogP contribution in [0, 0.1) is 10.1 Å². The fourth-order valence-corrected chi connectivity index (χ4v) is 1.57. The highest BCUT2D eigenvalue weighted by Gasteiger charge is 2.19. The van der Waals surface area contributed by atoms with Gasteiger partial charge in [-0.1, -0.05) is 0 Å². The van der Waals surface area contributed by atoms with Crippen LogP contribution in [0.4, 0.5) is 16.2 Å². The molecule has 18 heavy (non-hydrogen) atoms. The number of hydrogen-bond acceptors (Lipinski definition) is 5. The van der Waals surface area contributed by atoms with Gasteiger partial charge in [-0.15, -0.1) is 0 Å². The van der Waals surface area contributed by atoms with Crippen LogP contribution in [0.3, 0.4) is 0 Å². The van der Waals surface area contributed by atoms with E-state index in [1.165, 1.54) is 24.3 Å². The van der Waals surface area contributed by atoms with E-state index < -0.39 is 11.0 Å². The molecule has 7 heteroatoms. The van der Waals surface area contributed by atoms with E-state index in [9.17, 15) is 14.9 Å². The summed E-state index contributed by atoms with van der Waals surface area (Å²) in [5.41, 5.74) is 0.419. The van der Waals surface area contributed by atoms with Crippen molar-refractivity contribution in [3.63, 3.8) is 0 Å². The van der Waals surface area contributed by atoms with Crippen molar-refractivity contribution in [1.29, 1.82) is 0 Å². The van der Waals surface area contributed by atoms with Gasteiger partial charge in [-0.3, -0.25) is 15.4 Å². The van der Waals surface area contributed by atoms with Gasteiger partial charge in [0.2, 0.25) is 0 Å². The summed E-state index contributed by atoms with van der Waals surface area (Å²) in [6, 6.07) is 5.53. The number of ether oxygens (including phenoxy) is 2. The highest BCUT2D eigenvalue weighted by Crippen LogP contribution is 2.16. The van der Waals surface area contributed by atoms with Crippen LogP contribution in [-0.4, -0.2) is 30.3 Å². The molecule has 2 rings (SSSR count). The van der Waals surface area contributed by atoms with Crippen molar-refractivity contribution < 1.29 is 19.2 Å². The quantitative estimate of drug-likeness (QED) is 0.655. The topological polar surface area (TPSA) is 90.7 Å². The zero-order chi connectivity index (χ0) is 13.0. The van der Waals surface area contributed by atoms with Crippen molar-refractivity contribution in [2.45, 2.75) is 12.5 Å². The Hall–Kier alpha value is -2.15. The SMILES string of the molecule is O=C(Nc1ccc([N+](=O)[O-])cc1)OC1CCOC1. The summed E-state index contributed by atoms with van der Waals surface area (Å²) < 4.78 is 10.2. The van der Waals surface area contributed by atoms with E-state index in [2.05, 4.69) is 5.32 Å². The smallest absolute Gasteiger partial charge is 0.411 e. The summed E-state index contributed by atoms with van der Waals surface area (Å²) in [5.74, 6) is 0. The standard InChI is InChI=1S/C11H12N2O5/c14-11(18-10-5-6-17-7-10)12-8-1-3-9(4-2-8)13(15)16/h1-4,10H,5-7H2,(H,12,14). The second kappa shape index (κ2) is 5.46. The number of carbonyl (C=O) groups is 1. The van der Waals surface area contributed by atoms with Crippen molar-refractivity contribution in [2.24, 2.45) is 0 Å². The number of benzene rings is 1. The second-order valence-corrected chi connectivity index (χ2v) is 3.82. The predicted molar refractivity (Wildman–Crippen MR) is 62.4 cm³/mol. The number of nitrogens with zero attached hydrogens (tertiary/aromatic N) is 1. The first-order valence-electron chi connectivity index (χ1n) is 5.45. The molecule has 1 unspecified atom stereocenters. The highest BCUT2D eigenvalue weighted by atomic mass is 16.6. The molecule has 1 amide bonds. The van der Waals surface area contributed by atoms with E-state index in [1.807, 2.05) is 0 Å². The molecular formula is C11H12N2O5. The minimum Gasteiger partial charge on any atom is -0.443 e. The molecule has 7 nitrogen and oxygen atoms in total. The zero-order valence-electron chi connectivity index (χ0n) is 9.50. The summed E-state index contributed by atoms with van der Waals surface area (Å²) >= 11 is 0. The van der Waals surface area contributed by atoms with Gasteiger partial charge in [-0.05, 0) is 12.1 Å². The summed E-state index contributed by atoms with van der Waals surface area (Å²) in [5, 5.41) is 12.9. The third kappa shape index (κ3) is 3.17. The fourth-order valence-electron chi connectivity index (χ4n) is 1.57. The minimum atomic E-state index is -0.584. The van der Waals surface area contributed by atoms with Crippen LogP contribution in [0.1, 0.15) is 6.42 Å². The van der Waals surface area contributed by atoms with Crippen molar-refractivity contribution in [2.75, 3.05) is 18.5 Å².